The average Bonchev–Trinajstić information content (AvgIpc) is 2.30. The van der Waals surface area contributed by atoms with Gasteiger partial charge in [0.2, 0.25) is 0 Å². The van der Waals surface area contributed by atoms with Crippen molar-refractivity contribution >= 4 is 11.4 Å². The largest absolute Gasteiger partial charge is 0.506 e. The zero-order valence-corrected chi connectivity index (χ0v) is 9.27. The van der Waals surface area contributed by atoms with E-state index in [-0.39, 0.29) is 5.75 Å². The molecule has 1 heterocycles. The molecule has 0 amide bonds. The van der Waals surface area contributed by atoms with Gasteiger partial charge in [0.15, 0.2) is 0 Å². The van der Waals surface area contributed by atoms with Crippen LogP contribution in [0.5, 0.6) is 11.5 Å². The van der Waals surface area contributed by atoms with Crippen LogP contribution in [0.25, 0.3) is 0 Å². The smallest absolute Gasteiger partial charge is 0.144 e. The van der Waals surface area contributed by atoms with Crippen LogP contribution in [0.4, 0.5) is 11.4 Å². The van der Waals surface area contributed by atoms with E-state index in [1.165, 1.54) is 6.07 Å². The van der Waals surface area contributed by atoms with Crippen molar-refractivity contribution in [3.8, 4) is 11.5 Å². The fraction of sp³-hybridized carbons (Fsp3) is 0.455. The molecule has 0 radical (unpaired) electrons. The van der Waals surface area contributed by atoms with Crippen LogP contribution in [-0.2, 0) is 4.74 Å². The third-order valence-electron chi connectivity index (χ3n) is 2.68. The number of nitrogen functional groups attached to an aromatic ring is 1. The number of benzene rings is 1. The van der Waals surface area contributed by atoms with Gasteiger partial charge in [0, 0.05) is 25.2 Å². The second-order valence-electron chi connectivity index (χ2n) is 3.68. The normalized spacial score (nSPS) is 16.2. The Balaban J connectivity index is 2.31. The third kappa shape index (κ3) is 1.99. The summed E-state index contributed by atoms with van der Waals surface area (Å²) in [6.07, 6.45) is 0. The average molecular weight is 224 g/mol. The molecule has 1 aliphatic rings. The minimum Gasteiger partial charge on any atom is -0.506 e. The van der Waals surface area contributed by atoms with E-state index in [1.807, 2.05) is 0 Å². The second-order valence-corrected chi connectivity index (χ2v) is 3.68. The molecule has 16 heavy (non-hydrogen) atoms. The Bertz CT molecular complexity index is 376. The molecule has 1 aliphatic heterocycles. The number of nitrogens with two attached hydrogens (primary N) is 1. The first-order valence-electron chi connectivity index (χ1n) is 5.21. The van der Waals surface area contributed by atoms with Crippen LogP contribution in [0, 0.1) is 0 Å². The summed E-state index contributed by atoms with van der Waals surface area (Å²) >= 11 is 0. The molecule has 0 unspecified atom stereocenters. The molecule has 88 valence electrons. The van der Waals surface area contributed by atoms with Crippen molar-refractivity contribution < 1.29 is 14.6 Å². The monoisotopic (exact) mass is 224 g/mol. The molecule has 0 saturated carbocycles. The number of rotatable bonds is 2. The third-order valence-corrected chi connectivity index (χ3v) is 2.68. The number of anilines is 2. The molecule has 3 N–H and O–H groups in total. The van der Waals surface area contributed by atoms with E-state index in [9.17, 15) is 5.11 Å². The number of hydrogen-bond donors (Lipinski definition) is 2. The molecule has 0 atom stereocenters. The summed E-state index contributed by atoms with van der Waals surface area (Å²) in [7, 11) is 1.56. The second kappa shape index (κ2) is 4.49. The van der Waals surface area contributed by atoms with E-state index in [4.69, 9.17) is 15.2 Å². The number of ether oxygens (including phenoxy) is 2. The van der Waals surface area contributed by atoms with Gasteiger partial charge in [-0.2, -0.15) is 0 Å². The lowest BCUT2D eigenvalue weighted by molar-refractivity contribution is 0.122. The molecule has 5 nitrogen and oxygen atoms in total. The van der Waals surface area contributed by atoms with Crippen molar-refractivity contribution in [3.05, 3.63) is 12.1 Å². The van der Waals surface area contributed by atoms with Gasteiger partial charge < -0.3 is 25.2 Å². The van der Waals surface area contributed by atoms with Crippen LogP contribution < -0.4 is 15.4 Å². The molecule has 5 heteroatoms. The quantitative estimate of drug-likeness (QED) is 0.728. The van der Waals surface area contributed by atoms with Crippen molar-refractivity contribution in [1.29, 1.82) is 0 Å². The van der Waals surface area contributed by atoms with Gasteiger partial charge in [-0.05, 0) is 0 Å². The van der Waals surface area contributed by atoms with E-state index in [0.29, 0.717) is 24.7 Å². The van der Waals surface area contributed by atoms with Crippen LogP contribution >= 0.6 is 0 Å². The maximum atomic E-state index is 9.85. The SMILES string of the molecule is COc1cc(N2CCOCC2)c(O)cc1N. The van der Waals surface area contributed by atoms with E-state index in [2.05, 4.69) is 4.90 Å². The number of hydrogen-bond acceptors (Lipinski definition) is 5. The van der Waals surface area contributed by atoms with Gasteiger partial charge in [0.05, 0.1) is 31.7 Å². The molecule has 0 spiro atoms. The number of nitrogens with zero attached hydrogens (tertiary/aromatic N) is 1. The molecule has 0 bridgehead atoms. The van der Waals surface area contributed by atoms with E-state index in [0.717, 1.165) is 18.8 Å². The highest BCUT2D eigenvalue weighted by Gasteiger charge is 2.16. The Kier molecular flexibility index (Phi) is 3.05. The van der Waals surface area contributed by atoms with Crippen LogP contribution in [-0.4, -0.2) is 38.5 Å². The summed E-state index contributed by atoms with van der Waals surface area (Å²) in [4.78, 5) is 2.06. The summed E-state index contributed by atoms with van der Waals surface area (Å²) < 4.78 is 10.4. The Morgan fingerprint density at radius 1 is 1.38 bits per heavy atom. The lowest BCUT2D eigenvalue weighted by Crippen LogP contribution is -2.36. The van der Waals surface area contributed by atoms with E-state index >= 15 is 0 Å². The summed E-state index contributed by atoms with van der Waals surface area (Å²) in [6, 6.07) is 3.28. The van der Waals surface area contributed by atoms with Crippen LogP contribution in [0.15, 0.2) is 12.1 Å². The molecule has 0 aromatic heterocycles. The first-order chi connectivity index (χ1) is 7.72. The molecule has 1 fully saturated rings. The van der Waals surface area contributed by atoms with Crippen molar-refractivity contribution in [2.75, 3.05) is 44.0 Å². The van der Waals surface area contributed by atoms with Gasteiger partial charge in [0.25, 0.3) is 0 Å². The minimum absolute atomic E-state index is 0.181. The van der Waals surface area contributed by atoms with Gasteiger partial charge in [0.1, 0.15) is 11.5 Å². The van der Waals surface area contributed by atoms with Crippen LogP contribution in [0.3, 0.4) is 0 Å². The molecule has 2 rings (SSSR count). The molecular formula is C11H16N2O3. The maximum Gasteiger partial charge on any atom is 0.144 e. The fourth-order valence-corrected chi connectivity index (χ4v) is 1.81. The summed E-state index contributed by atoms with van der Waals surface area (Å²) in [5, 5.41) is 9.85. The molecule has 1 aromatic carbocycles. The number of morpholine rings is 1. The summed E-state index contributed by atoms with van der Waals surface area (Å²) in [6.45, 7) is 2.87. The van der Waals surface area contributed by atoms with Gasteiger partial charge in [-0.25, -0.2) is 0 Å². The van der Waals surface area contributed by atoms with Crippen molar-refractivity contribution in [1.82, 2.24) is 0 Å². The van der Waals surface area contributed by atoms with Crippen molar-refractivity contribution in [2.45, 2.75) is 0 Å². The maximum absolute atomic E-state index is 9.85. The van der Waals surface area contributed by atoms with Crippen molar-refractivity contribution in [2.24, 2.45) is 0 Å². The predicted octanol–water partition coefficient (Wildman–Crippen LogP) is 0.820. The zero-order chi connectivity index (χ0) is 11.5. The highest BCUT2D eigenvalue weighted by Crippen LogP contribution is 2.36. The molecule has 1 aromatic rings. The molecule has 1 saturated heterocycles. The summed E-state index contributed by atoms with van der Waals surface area (Å²) in [5.41, 5.74) is 6.89. The van der Waals surface area contributed by atoms with Gasteiger partial charge in [-0.15, -0.1) is 0 Å². The van der Waals surface area contributed by atoms with Gasteiger partial charge in [-0.3, -0.25) is 0 Å². The highest BCUT2D eigenvalue weighted by molar-refractivity contribution is 5.69. The molecular weight excluding hydrogens is 208 g/mol. The minimum atomic E-state index is 0.181. The Morgan fingerprint density at radius 2 is 2.06 bits per heavy atom. The van der Waals surface area contributed by atoms with Gasteiger partial charge in [-0.1, -0.05) is 0 Å². The van der Waals surface area contributed by atoms with Gasteiger partial charge >= 0.3 is 0 Å². The topological polar surface area (TPSA) is 68.0 Å². The Hall–Kier alpha value is -1.62. The van der Waals surface area contributed by atoms with Crippen LogP contribution in [0.2, 0.25) is 0 Å². The zero-order valence-electron chi connectivity index (χ0n) is 9.27. The lowest BCUT2D eigenvalue weighted by atomic mass is 10.2. The number of aromatic hydroxyl groups is 1. The number of phenolic OH excluding ortho intramolecular Hbond substituents is 1. The highest BCUT2D eigenvalue weighted by atomic mass is 16.5. The van der Waals surface area contributed by atoms with Crippen LogP contribution in [0.1, 0.15) is 0 Å². The summed E-state index contributed by atoms with van der Waals surface area (Å²) in [5.74, 6) is 0.763. The number of methoxy groups -OCH3 is 1. The predicted molar refractivity (Wildman–Crippen MR) is 62.1 cm³/mol. The van der Waals surface area contributed by atoms with Crippen molar-refractivity contribution in [3.63, 3.8) is 0 Å². The first kappa shape index (κ1) is 10.9. The van der Waals surface area contributed by atoms with E-state index < -0.39 is 0 Å². The standard InChI is InChI=1S/C11H16N2O3/c1-15-11-7-9(10(14)6-8(11)12)13-2-4-16-5-3-13/h6-7,14H,2-5,12H2,1H3. The van der Waals surface area contributed by atoms with E-state index in [1.54, 1.807) is 13.2 Å². The molecule has 0 aliphatic carbocycles. The first-order valence-corrected chi connectivity index (χ1v) is 5.21. The Morgan fingerprint density at radius 3 is 2.69 bits per heavy atom. The fourth-order valence-electron chi connectivity index (χ4n) is 1.81. The lowest BCUT2D eigenvalue weighted by Gasteiger charge is -2.29. The number of phenols is 1. The Labute approximate surface area is 94.4 Å².